The molecule has 0 aromatic heterocycles. The molecule has 0 saturated heterocycles. The van der Waals surface area contributed by atoms with Gasteiger partial charge in [0.15, 0.2) is 0 Å². The van der Waals surface area contributed by atoms with E-state index >= 15 is 0 Å². The van der Waals surface area contributed by atoms with Crippen molar-refractivity contribution in [2.45, 2.75) is 25.7 Å². The second-order valence-corrected chi connectivity index (χ2v) is 5.53. The largest absolute Gasteiger partial charge is 0.315 e. The minimum absolute atomic E-state index is 1.08. The summed E-state index contributed by atoms with van der Waals surface area (Å²) in [4.78, 5) is 3.85. The smallest absolute Gasteiger partial charge is 0.0107 e. The standard InChI is InChI=1S/C15H26N2S/c1-4-17(5-2)12-10-16-11-13-18-15-9-7-6-8-14(15)3/h6-9,16H,4-5,10-13H2,1-3H3. The van der Waals surface area contributed by atoms with Gasteiger partial charge in [0.2, 0.25) is 0 Å². The van der Waals surface area contributed by atoms with Gasteiger partial charge in [-0.15, -0.1) is 11.8 Å². The van der Waals surface area contributed by atoms with Gasteiger partial charge >= 0.3 is 0 Å². The van der Waals surface area contributed by atoms with Gasteiger partial charge in [-0.05, 0) is 31.6 Å². The number of likely N-dealkylation sites (N-methyl/N-ethyl adjacent to an activating group) is 1. The Morgan fingerprint density at radius 2 is 1.83 bits per heavy atom. The Hall–Kier alpha value is -0.510. The molecule has 18 heavy (non-hydrogen) atoms. The topological polar surface area (TPSA) is 15.3 Å². The number of nitrogens with one attached hydrogen (secondary N) is 1. The van der Waals surface area contributed by atoms with Crippen LogP contribution in [0.25, 0.3) is 0 Å². The second-order valence-electron chi connectivity index (χ2n) is 4.39. The maximum atomic E-state index is 3.51. The minimum Gasteiger partial charge on any atom is -0.315 e. The number of hydrogen-bond donors (Lipinski definition) is 1. The highest BCUT2D eigenvalue weighted by molar-refractivity contribution is 7.99. The van der Waals surface area contributed by atoms with Gasteiger partial charge in [-0.25, -0.2) is 0 Å². The SMILES string of the molecule is CCN(CC)CCNCCSc1ccccc1C. The van der Waals surface area contributed by atoms with E-state index < -0.39 is 0 Å². The van der Waals surface area contributed by atoms with E-state index in [1.807, 2.05) is 11.8 Å². The first kappa shape index (κ1) is 15.5. The zero-order valence-corrected chi connectivity index (χ0v) is 12.7. The van der Waals surface area contributed by atoms with Crippen LogP contribution in [0.2, 0.25) is 0 Å². The van der Waals surface area contributed by atoms with Crippen LogP contribution in [0.4, 0.5) is 0 Å². The average molecular weight is 266 g/mol. The monoisotopic (exact) mass is 266 g/mol. The van der Waals surface area contributed by atoms with Crippen molar-refractivity contribution in [2.75, 3.05) is 38.5 Å². The fourth-order valence-electron chi connectivity index (χ4n) is 1.85. The molecule has 0 spiro atoms. The van der Waals surface area contributed by atoms with Crippen molar-refractivity contribution in [2.24, 2.45) is 0 Å². The third kappa shape index (κ3) is 5.89. The van der Waals surface area contributed by atoms with Gasteiger partial charge in [-0.2, -0.15) is 0 Å². The molecule has 1 N–H and O–H groups in total. The van der Waals surface area contributed by atoms with E-state index in [9.17, 15) is 0 Å². The summed E-state index contributed by atoms with van der Waals surface area (Å²) in [5.74, 6) is 1.14. The summed E-state index contributed by atoms with van der Waals surface area (Å²) in [7, 11) is 0. The molecule has 0 aliphatic rings. The molecule has 3 heteroatoms. The van der Waals surface area contributed by atoms with E-state index in [1.165, 1.54) is 10.5 Å². The molecule has 102 valence electrons. The van der Waals surface area contributed by atoms with Crippen LogP contribution in [0.1, 0.15) is 19.4 Å². The van der Waals surface area contributed by atoms with Crippen LogP contribution in [-0.4, -0.2) is 43.4 Å². The van der Waals surface area contributed by atoms with E-state index in [0.29, 0.717) is 0 Å². The predicted molar refractivity (Wildman–Crippen MR) is 82.6 cm³/mol. The normalized spacial score (nSPS) is 11.1. The number of aryl methyl sites for hydroxylation is 1. The first-order valence-electron chi connectivity index (χ1n) is 6.89. The Bertz CT molecular complexity index is 324. The summed E-state index contributed by atoms with van der Waals surface area (Å²) >= 11 is 1.94. The molecular formula is C15H26N2S. The van der Waals surface area contributed by atoms with Crippen molar-refractivity contribution in [1.29, 1.82) is 0 Å². The highest BCUT2D eigenvalue weighted by Crippen LogP contribution is 2.20. The predicted octanol–water partition coefficient (Wildman–Crippen LogP) is 3.02. The Morgan fingerprint density at radius 1 is 1.11 bits per heavy atom. The first-order chi connectivity index (χ1) is 8.77. The van der Waals surface area contributed by atoms with E-state index in [4.69, 9.17) is 0 Å². The Balaban J connectivity index is 2.07. The second kappa shape index (κ2) is 9.42. The highest BCUT2D eigenvalue weighted by atomic mass is 32.2. The van der Waals surface area contributed by atoms with Crippen LogP contribution in [0.15, 0.2) is 29.2 Å². The summed E-state index contributed by atoms with van der Waals surface area (Å²) in [6.45, 7) is 12.2. The lowest BCUT2D eigenvalue weighted by Gasteiger charge is -2.17. The zero-order chi connectivity index (χ0) is 13.2. The molecule has 0 saturated carbocycles. The Kier molecular flexibility index (Phi) is 8.14. The number of thioether (sulfide) groups is 1. The van der Waals surface area contributed by atoms with Crippen molar-refractivity contribution in [3.8, 4) is 0 Å². The van der Waals surface area contributed by atoms with Gasteiger partial charge in [0.1, 0.15) is 0 Å². The molecule has 0 unspecified atom stereocenters. The van der Waals surface area contributed by atoms with Crippen LogP contribution in [0.3, 0.4) is 0 Å². The Labute approximate surface area is 116 Å². The quantitative estimate of drug-likeness (QED) is 0.546. The van der Waals surface area contributed by atoms with Gasteiger partial charge in [-0.3, -0.25) is 0 Å². The molecule has 0 bridgehead atoms. The number of benzene rings is 1. The molecule has 2 nitrogen and oxygen atoms in total. The van der Waals surface area contributed by atoms with Crippen LogP contribution in [0.5, 0.6) is 0 Å². The summed E-state index contributed by atoms with van der Waals surface area (Å²) < 4.78 is 0. The van der Waals surface area contributed by atoms with Gasteiger partial charge in [-0.1, -0.05) is 32.0 Å². The minimum atomic E-state index is 1.08. The Morgan fingerprint density at radius 3 is 2.50 bits per heavy atom. The lowest BCUT2D eigenvalue weighted by Crippen LogP contribution is -2.32. The van der Waals surface area contributed by atoms with Gasteiger partial charge in [0.05, 0.1) is 0 Å². The fraction of sp³-hybridized carbons (Fsp3) is 0.600. The summed E-state index contributed by atoms with van der Waals surface area (Å²) in [5, 5.41) is 3.51. The third-order valence-electron chi connectivity index (χ3n) is 3.13. The van der Waals surface area contributed by atoms with Crippen LogP contribution in [-0.2, 0) is 0 Å². The average Bonchev–Trinajstić information content (AvgIpc) is 2.40. The molecule has 1 aromatic carbocycles. The molecule has 1 aromatic rings. The molecule has 1 rings (SSSR count). The van der Waals surface area contributed by atoms with Crippen LogP contribution >= 0.6 is 11.8 Å². The van der Waals surface area contributed by atoms with Crippen molar-refractivity contribution in [1.82, 2.24) is 10.2 Å². The maximum absolute atomic E-state index is 3.51. The lowest BCUT2D eigenvalue weighted by atomic mass is 10.2. The summed E-state index contributed by atoms with van der Waals surface area (Å²) in [6.07, 6.45) is 0. The molecule has 0 aliphatic carbocycles. The van der Waals surface area contributed by atoms with Crippen molar-refractivity contribution >= 4 is 11.8 Å². The molecule has 0 atom stereocenters. The van der Waals surface area contributed by atoms with E-state index in [-0.39, 0.29) is 0 Å². The van der Waals surface area contributed by atoms with Crippen LogP contribution in [0, 0.1) is 6.92 Å². The number of hydrogen-bond acceptors (Lipinski definition) is 3. The lowest BCUT2D eigenvalue weighted by molar-refractivity contribution is 0.303. The van der Waals surface area contributed by atoms with Crippen molar-refractivity contribution in [3.05, 3.63) is 29.8 Å². The van der Waals surface area contributed by atoms with E-state index in [0.717, 1.165) is 38.5 Å². The molecular weight excluding hydrogens is 240 g/mol. The van der Waals surface area contributed by atoms with Gasteiger partial charge in [0.25, 0.3) is 0 Å². The summed E-state index contributed by atoms with van der Waals surface area (Å²) in [5.41, 5.74) is 1.38. The molecule has 0 heterocycles. The third-order valence-corrected chi connectivity index (χ3v) is 4.31. The van der Waals surface area contributed by atoms with E-state index in [1.54, 1.807) is 0 Å². The number of rotatable bonds is 9. The number of nitrogens with zero attached hydrogens (tertiary/aromatic N) is 1. The molecule has 0 aliphatic heterocycles. The van der Waals surface area contributed by atoms with Gasteiger partial charge in [0, 0.05) is 30.3 Å². The zero-order valence-electron chi connectivity index (χ0n) is 11.9. The molecule has 0 radical (unpaired) electrons. The maximum Gasteiger partial charge on any atom is 0.0107 e. The van der Waals surface area contributed by atoms with Crippen molar-refractivity contribution in [3.63, 3.8) is 0 Å². The molecule has 0 fully saturated rings. The van der Waals surface area contributed by atoms with Crippen molar-refractivity contribution < 1.29 is 0 Å². The molecule has 0 amide bonds. The first-order valence-corrected chi connectivity index (χ1v) is 7.88. The van der Waals surface area contributed by atoms with Gasteiger partial charge < -0.3 is 10.2 Å². The van der Waals surface area contributed by atoms with Crippen LogP contribution < -0.4 is 5.32 Å². The summed E-state index contributed by atoms with van der Waals surface area (Å²) in [6, 6.07) is 8.59. The van der Waals surface area contributed by atoms with E-state index in [2.05, 4.69) is 55.3 Å². The highest BCUT2D eigenvalue weighted by Gasteiger charge is 1.99. The fourth-order valence-corrected chi connectivity index (χ4v) is 2.79.